The number of piperidine rings is 1. The summed E-state index contributed by atoms with van der Waals surface area (Å²) < 4.78 is 6.05. The molecule has 1 saturated heterocycles. The Morgan fingerprint density at radius 3 is 2.45 bits per heavy atom. The molecule has 1 atom stereocenters. The lowest BCUT2D eigenvalue weighted by Crippen LogP contribution is -2.52. The van der Waals surface area contributed by atoms with Gasteiger partial charge in [0.2, 0.25) is 5.91 Å². The van der Waals surface area contributed by atoms with E-state index >= 15 is 0 Å². The second-order valence-electron chi connectivity index (χ2n) is 8.67. The number of anilines is 2. The molecule has 6 nitrogen and oxygen atoms in total. The molecule has 2 heterocycles. The summed E-state index contributed by atoms with van der Waals surface area (Å²) in [5.41, 5.74) is 2.85. The predicted octanol–water partition coefficient (Wildman–Crippen LogP) is 4.03. The molecule has 2 aliphatic rings. The Bertz CT molecular complexity index is 920. The highest BCUT2D eigenvalue weighted by Gasteiger charge is 2.34. The maximum absolute atomic E-state index is 13.0. The fourth-order valence-corrected chi connectivity index (χ4v) is 4.23. The third kappa shape index (κ3) is 5.01. The van der Waals surface area contributed by atoms with Crippen LogP contribution in [0.15, 0.2) is 48.5 Å². The summed E-state index contributed by atoms with van der Waals surface area (Å²) in [7, 11) is 0. The molecule has 4 rings (SSSR count). The minimum atomic E-state index is -0.592. The number of carbonyl (C=O) groups excluding carboxylic acids is 2. The van der Waals surface area contributed by atoms with Gasteiger partial charge in [0.1, 0.15) is 5.75 Å². The van der Waals surface area contributed by atoms with Crippen molar-refractivity contribution in [2.45, 2.75) is 45.1 Å². The maximum Gasteiger partial charge on any atom is 0.265 e. The van der Waals surface area contributed by atoms with Crippen molar-refractivity contribution >= 4 is 23.2 Å². The van der Waals surface area contributed by atoms with Gasteiger partial charge in [-0.05, 0) is 55.0 Å². The lowest BCUT2D eigenvalue weighted by Gasteiger charge is -2.38. The Hall–Kier alpha value is -3.02. The topological polar surface area (TPSA) is 61.9 Å². The van der Waals surface area contributed by atoms with Gasteiger partial charge in [-0.25, -0.2) is 0 Å². The van der Waals surface area contributed by atoms with E-state index in [4.69, 9.17) is 4.74 Å². The molecule has 0 spiro atoms. The van der Waals surface area contributed by atoms with Crippen molar-refractivity contribution in [3.8, 4) is 5.75 Å². The number of ether oxygens (including phenoxy) is 1. The van der Waals surface area contributed by atoms with Crippen LogP contribution in [0.1, 0.15) is 44.6 Å². The average Bonchev–Trinajstić information content (AvgIpc) is 2.79. The van der Waals surface area contributed by atoms with Crippen LogP contribution in [-0.4, -0.2) is 49.0 Å². The Balaban J connectivity index is 1.45. The van der Waals surface area contributed by atoms with Crippen LogP contribution in [0.25, 0.3) is 0 Å². The molecule has 2 aromatic carbocycles. The number of hydrogen-bond acceptors (Lipinski definition) is 4. The van der Waals surface area contributed by atoms with Gasteiger partial charge < -0.3 is 19.9 Å². The largest absolute Gasteiger partial charge is 0.477 e. The third-order valence-corrected chi connectivity index (χ3v) is 6.00. The number of hydrogen-bond donors (Lipinski definition) is 1. The highest BCUT2D eigenvalue weighted by molar-refractivity contribution is 5.95. The summed E-state index contributed by atoms with van der Waals surface area (Å²) in [5.74, 6) is 1.00. The van der Waals surface area contributed by atoms with E-state index in [0.29, 0.717) is 18.2 Å². The van der Waals surface area contributed by atoms with E-state index < -0.39 is 6.10 Å². The molecule has 164 valence electrons. The van der Waals surface area contributed by atoms with Crippen molar-refractivity contribution in [1.82, 2.24) is 4.90 Å². The van der Waals surface area contributed by atoms with Gasteiger partial charge in [0.15, 0.2) is 6.10 Å². The summed E-state index contributed by atoms with van der Waals surface area (Å²) in [6, 6.07) is 15.6. The van der Waals surface area contributed by atoms with E-state index in [-0.39, 0.29) is 18.4 Å². The number of amides is 2. The molecular weight excluding hydrogens is 390 g/mol. The quantitative estimate of drug-likeness (QED) is 0.792. The number of likely N-dealkylation sites (tertiary alicyclic amines) is 1. The minimum Gasteiger partial charge on any atom is -0.477 e. The van der Waals surface area contributed by atoms with Crippen molar-refractivity contribution in [1.29, 1.82) is 0 Å². The first-order valence-corrected chi connectivity index (χ1v) is 11.2. The number of benzene rings is 2. The fraction of sp³-hybridized carbons (Fsp3) is 0.440. The molecule has 2 aliphatic heterocycles. The van der Waals surface area contributed by atoms with E-state index in [2.05, 4.69) is 19.2 Å². The van der Waals surface area contributed by atoms with Gasteiger partial charge in [0, 0.05) is 18.8 Å². The molecule has 0 bridgehead atoms. The van der Waals surface area contributed by atoms with Gasteiger partial charge in [-0.2, -0.15) is 0 Å². The molecule has 0 aromatic heterocycles. The van der Waals surface area contributed by atoms with Crippen LogP contribution in [0.5, 0.6) is 5.75 Å². The van der Waals surface area contributed by atoms with Gasteiger partial charge >= 0.3 is 0 Å². The average molecular weight is 422 g/mol. The predicted molar refractivity (Wildman–Crippen MR) is 123 cm³/mol. The fourth-order valence-electron chi connectivity index (χ4n) is 4.23. The van der Waals surface area contributed by atoms with Crippen LogP contribution < -0.4 is 15.0 Å². The second-order valence-corrected chi connectivity index (χ2v) is 8.67. The molecular formula is C25H31N3O3. The molecule has 31 heavy (non-hydrogen) atoms. The van der Waals surface area contributed by atoms with Gasteiger partial charge in [-0.15, -0.1) is 0 Å². The number of para-hydroxylation sites is 2. The zero-order chi connectivity index (χ0) is 21.8. The molecule has 2 aromatic rings. The number of nitrogens with zero attached hydrogens (tertiary/aromatic N) is 2. The smallest absolute Gasteiger partial charge is 0.265 e. The Morgan fingerprint density at radius 1 is 1.03 bits per heavy atom. The molecule has 0 radical (unpaired) electrons. The first kappa shape index (κ1) is 21.2. The summed E-state index contributed by atoms with van der Waals surface area (Å²) in [6.07, 6.45) is 2.65. The van der Waals surface area contributed by atoms with E-state index in [1.807, 2.05) is 58.3 Å². The number of rotatable bonds is 5. The van der Waals surface area contributed by atoms with E-state index in [1.54, 1.807) is 0 Å². The van der Waals surface area contributed by atoms with Crippen LogP contribution in [-0.2, 0) is 9.59 Å². The lowest BCUT2D eigenvalue weighted by atomic mass is 10.0. The van der Waals surface area contributed by atoms with Crippen LogP contribution in [0.4, 0.5) is 11.4 Å². The molecule has 0 aliphatic carbocycles. The van der Waals surface area contributed by atoms with Crippen molar-refractivity contribution < 1.29 is 14.3 Å². The maximum atomic E-state index is 13.0. The van der Waals surface area contributed by atoms with E-state index in [1.165, 1.54) is 12.0 Å². The van der Waals surface area contributed by atoms with Gasteiger partial charge in [0.25, 0.3) is 5.91 Å². The molecule has 1 N–H and O–H groups in total. The highest BCUT2D eigenvalue weighted by Crippen LogP contribution is 2.33. The zero-order valence-electron chi connectivity index (χ0n) is 18.3. The Labute approximate surface area is 184 Å². The van der Waals surface area contributed by atoms with Gasteiger partial charge in [-0.1, -0.05) is 38.1 Å². The molecule has 0 unspecified atom stereocenters. The Morgan fingerprint density at radius 2 is 1.74 bits per heavy atom. The van der Waals surface area contributed by atoms with E-state index in [0.717, 1.165) is 37.3 Å². The number of fused-ring (bicyclic) bond motifs is 1. The van der Waals surface area contributed by atoms with Gasteiger partial charge in [0.05, 0.1) is 18.8 Å². The van der Waals surface area contributed by atoms with Crippen LogP contribution in [0.2, 0.25) is 0 Å². The van der Waals surface area contributed by atoms with Crippen LogP contribution in [0.3, 0.4) is 0 Å². The Kier molecular flexibility index (Phi) is 6.44. The first-order chi connectivity index (χ1) is 15.0. The summed E-state index contributed by atoms with van der Waals surface area (Å²) in [4.78, 5) is 29.7. The second kappa shape index (κ2) is 9.41. The molecule has 0 saturated carbocycles. The van der Waals surface area contributed by atoms with Crippen molar-refractivity contribution in [3.05, 3.63) is 54.1 Å². The summed E-state index contributed by atoms with van der Waals surface area (Å²) in [6.45, 7) is 6.39. The SMILES string of the molecule is CC(C)c1ccc(NC(=O)CN2C[C@H](C(=O)N3CCCCC3)Oc3ccccc32)cc1. The lowest BCUT2D eigenvalue weighted by molar-refractivity contribution is -0.139. The minimum absolute atomic E-state index is 0.0175. The highest BCUT2D eigenvalue weighted by atomic mass is 16.5. The first-order valence-electron chi connectivity index (χ1n) is 11.2. The van der Waals surface area contributed by atoms with E-state index in [9.17, 15) is 9.59 Å². The summed E-state index contributed by atoms with van der Waals surface area (Å²) >= 11 is 0. The number of carbonyl (C=O) groups is 2. The molecule has 2 amide bonds. The van der Waals surface area contributed by atoms with Crippen LogP contribution in [0, 0.1) is 0 Å². The monoisotopic (exact) mass is 421 g/mol. The summed E-state index contributed by atoms with van der Waals surface area (Å²) in [5, 5.41) is 2.98. The van der Waals surface area contributed by atoms with Crippen molar-refractivity contribution in [3.63, 3.8) is 0 Å². The standard InChI is InChI=1S/C25H31N3O3/c1-18(2)19-10-12-20(13-11-19)26-24(29)17-28-16-23(25(30)27-14-6-3-7-15-27)31-22-9-5-4-8-21(22)28/h4-5,8-13,18,23H,3,6-7,14-17H2,1-2H3,(H,26,29)/t23-/m1/s1. The van der Waals surface area contributed by atoms with Crippen LogP contribution >= 0.6 is 0 Å². The normalized spacial score (nSPS) is 18.4. The number of nitrogens with one attached hydrogen (secondary N) is 1. The molecule has 1 fully saturated rings. The third-order valence-electron chi connectivity index (χ3n) is 6.00. The zero-order valence-corrected chi connectivity index (χ0v) is 18.3. The van der Waals surface area contributed by atoms with Crippen molar-refractivity contribution in [2.24, 2.45) is 0 Å². The van der Waals surface area contributed by atoms with Gasteiger partial charge in [-0.3, -0.25) is 9.59 Å². The molecule has 6 heteroatoms. The van der Waals surface area contributed by atoms with Crippen molar-refractivity contribution in [2.75, 3.05) is 36.4 Å².